The highest BCUT2D eigenvalue weighted by atomic mass is 35.5. The lowest BCUT2D eigenvalue weighted by atomic mass is 9.98. The van der Waals surface area contributed by atoms with E-state index in [1.165, 1.54) is 0 Å². The van der Waals surface area contributed by atoms with Gasteiger partial charge in [-0.25, -0.2) is 4.98 Å². The second kappa shape index (κ2) is 3.80. The molecule has 1 aromatic heterocycles. The lowest BCUT2D eigenvalue weighted by Gasteiger charge is -2.21. The summed E-state index contributed by atoms with van der Waals surface area (Å²) in [7, 11) is 0. The first kappa shape index (κ1) is 10.7. The number of pyridine rings is 1. The van der Waals surface area contributed by atoms with Crippen molar-refractivity contribution in [1.82, 2.24) is 4.98 Å². The first-order chi connectivity index (χ1) is 5.95. The van der Waals surface area contributed by atoms with E-state index in [1.807, 2.05) is 0 Å². The summed E-state index contributed by atoms with van der Waals surface area (Å²) >= 11 is 11.3. The van der Waals surface area contributed by atoms with Gasteiger partial charge in [0.1, 0.15) is 10.3 Å². The Bertz CT molecular complexity index is 295. The van der Waals surface area contributed by atoms with Gasteiger partial charge in [-0.05, 0) is 24.6 Å². The number of nitrogens with two attached hydrogens (primary N) is 1. The van der Waals surface area contributed by atoms with Gasteiger partial charge in [0.15, 0.2) is 0 Å². The fourth-order valence-electron chi connectivity index (χ4n) is 0.894. The van der Waals surface area contributed by atoms with Crippen molar-refractivity contribution >= 4 is 23.2 Å². The Morgan fingerprint density at radius 1 is 1.46 bits per heavy atom. The van der Waals surface area contributed by atoms with E-state index in [2.05, 4.69) is 4.98 Å². The molecule has 0 saturated heterocycles. The van der Waals surface area contributed by atoms with Gasteiger partial charge in [-0.1, -0.05) is 23.2 Å². The summed E-state index contributed by atoms with van der Waals surface area (Å²) in [6.07, 6.45) is 0. The number of nitrogens with zero attached hydrogens (tertiary/aromatic N) is 1. The van der Waals surface area contributed by atoms with E-state index in [0.29, 0.717) is 5.56 Å². The van der Waals surface area contributed by atoms with Crippen molar-refractivity contribution in [1.29, 1.82) is 0 Å². The number of rotatable bonds is 2. The summed E-state index contributed by atoms with van der Waals surface area (Å²) in [5.41, 5.74) is 4.84. The zero-order valence-electron chi connectivity index (χ0n) is 7.09. The Morgan fingerprint density at radius 3 is 2.31 bits per heavy atom. The molecule has 3 N–H and O–H groups in total. The SMILES string of the molecule is CC(O)(CN)c1cc(Cl)nc(Cl)c1. The number of hydrogen-bond acceptors (Lipinski definition) is 3. The Morgan fingerprint density at radius 2 is 1.92 bits per heavy atom. The average Bonchev–Trinajstić information content (AvgIpc) is 2.02. The third kappa shape index (κ3) is 2.54. The Balaban J connectivity index is 3.15. The molecule has 1 rings (SSSR count). The molecule has 0 bridgehead atoms. The smallest absolute Gasteiger partial charge is 0.131 e. The van der Waals surface area contributed by atoms with Crippen LogP contribution in [0, 0.1) is 0 Å². The molecule has 72 valence electrons. The van der Waals surface area contributed by atoms with Crippen LogP contribution >= 0.6 is 23.2 Å². The highest BCUT2D eigenvalue weighted by Gasteiger charge is 2.21. The van der Waals surface area contributed by atoms with Gasteiger partial charge >= 0.3 is 0 Å². The Hall–Kier alpha value is -0.350. The zero-order chi connectivity index (χ0) is 10.1. The number of hydrogen-bond donors (Lipinski definition) is 2. The molecule has 1 atom stereocenters. The molecule has 1 heterocycles. The minimum absolute atomic E-state index is 0.101. The highest BCUT2D eigenvalue weighted by Crippen LogP contribution is 2.24. The standard InChI is InChI=1S/C8H10Cl2N2O/c1-8(13,4-11)5-2-6(9)12-7(10)3-5/h2-3,13H,4,11H2,1H3. The molecule has 0 radical (unpaired) electrons. The van der Waals surface area contributed by atoms with Crippen molar-refractivity contribution in [2.75, 3.05) is 6.54 Å². The van der Waals surface area contributed by atoms with Gasteiger partial charge in [-0.3, -0.25) is 0 Å². The molecular formula is C8H10Cl2N2O. The third-order valence-corrected chi connectivity index (χ3v) is 2.17. The Kier molecular flexibility index (Phi) is 3.14. The van der Waals surface area contributed by atoms with Crippen molar-refractivity contribution in [2.45, 2.75) is 12.5 Å². The lowest BCUT2D eigenvalue weighted by molar-refractivity contribution is 0.0667. The summed E-state index contributed by atoms with van der Waals surface area (Å²) in [5.74, 6) is 0. The third-order valence-electron chi connectivity index (χ3n) is 1.78. The number of halogens is 2. The average molecular weight is 221 g/mol. The maximum absolute atomic E-state index is 9.77. The van der Waals surface area contributed by atoms with Gasteiger partial charge < -0.3 is 10.8 Å². The molecule has 0 aliphatic carbocycles. The predicted molar refractivity (Wildman–Crippen MR) is 52.9 cm³/mol. The first-order valence-electron chi connectivity index (χ1n) is 3.72. The Labute approximate surface area is 86.5 Å². The lowest BCUT2D eigenvalue weighted by Crippen LogP contribution is -2.31. The van der Waals surface area contributed by atoms with Crippen LogP contribution in [0.25, 0.3) is 0 Å². The minimum atomic E-state index is -1.11. The second-order valence-electron chi connectivity index (χ2n) is 2.98. The van der Waals surface area contributed by atoms with Crippen LogP contribution in [0.3, 0.4) is 0 Å². The molecule has 0 fully saturated rings. The van der Waals surface area contributed by atoms with Crippen LogP contribution < -0.4 is 5.73 Å². The van der Waals surface area contributed by atoms with Gasteiger partial charge in [-0.15, -0.1) is 0 Å². The van der Waals surface area contributed by atoms with E-state index in [9.17, 15) is 5.11 Å². The van der Waals surface area contributed by atoms with Crippen LogP contribution in [0.5, 0.6) is 0 Å². The van der Waals surface area contributed by atoms with Crippen molar-refractivity contribution < 1.29 is 5.11 Å². The van der Waals surface area contributed by atoms with Gasteiger partial charge in [0, 0.05) is 6.54 Å². The van der Waals surface area contributed by atoms with Gasteiger partial charge in [-0.2, -0.15) is 0 Å². The van der Waals surface area contributed by atoms with Gasteiger partial charge in [0.2, 0.25) is 0 Å². The summed E-state index contributed by atoms with van der Waals surface area (Å²) in [5, 5.41) is 10.3. The van der Waals surface area contributed by atoms with E-state index < -0.39 is 5.60 Å². The van der Waals surface area contributed by atoms with Crippen molar-refractivity contribution in [2.24, 2.45) is 5.73 Å². The van der Waals surface area contributed by atoms with Crippen molar-refractivity contribution in [3.63, 3.8) is 0 Å². The minimum Gasteiger partial charge on any atom is -0.384 e. The largest absolute Gasteiger partial charge is 0.384 e. The van der Waals surface area contributed by atoms with Crippen LogP contribution in [0.15, 0.2) is 12.1 Å². The molecule has 0 aliphatic heterocycles. The van der Waals surface area contributed by atoms with Crippen LogP contribution in [0.4, 0.5) is 0 Å². The van der Waals surface area contributed by atoms with Crippen molar-refractivity contribution in [3.8, 4) is 0 Å². The molecule has 0 amide bonds. The summed E-state index contributed by atoms with van der Waals surface area (Å²) in [6.45, 7) is 1.69. The molecule has 0 saturated carbocycles. The van der Waals surface area contributed by atoms with Gasteiger partial charge in [0.05, 0.1) is 5.60 Å². The van der Waals surface area contributed by atoms with E-state index in [1.54, 1.807) is 19.1 Å². The molecular weight excluding hydrogens is 211 g/mol. The monoisotopic (exact) mass is 220 g/mol. The molecule has 1 unspecified atom stereocenters. The summed E-state index contributed by atoms with van der Waals surface area (Å²) < 4.78 is 0. The van der Waals surface area contributed by atoms with E-state index in [-0.39, 0.29) is 16.9 Å². The normalized spacial score (nSPS) is 15.5. The second-order valence-corrected chi connectivity index (χ2v) is 3.75. The number of aromatic nitrogens is 1. The fraction of sp³-hybridized carbons (Fsp3) is 0.375. The molecule has 3 nitrogen and oxygen atoms in total. The molecule has 0 spiro atoms. The number of aliphatic hydroxyl groups is 1. The van der Waals surface area contributed by atoms with Crippen molar-refractivity contribution in [3.05, 3.63) is 28.0 Å². The van der Waals surface area contributed by atoms with Crippen LogP contribution in [-0.4, -0.2) is 16.6 Å². The molecule has 0 aromatic carbocycles. The molecule has 13 heavy (non-hydrogen) atoms. The van der Waals surface area contributed by atoms with E-state index in [4.69, 9.17) is 28.9 Å². The van der Waals surface area contributed by atoms with Gasteiger partial charge in [0.25, 0.3) is 0 Å². The topological polar surface area (TPSA) is 59.1 Å². The molecule has 1 aromatic rings. The molecule has 5 heteroatoms. The van der Waals surface area contributed by atoms with Crippen LogP contribution in [0.2, 0.25) is 10.3 Å². The van der Waals surface area contributed by atoms with E-state index in [0.717, 1.165) is 0 Å². The summed E-state index contributed by atoms with van der Waals surface area (Å²) in [4.78, 5) is 3.76. The predicted octanol–water partition coefficient (Wildman–Crippen LogP) is 1.55. The highest BCUT2D eigenvalue weighted by molar-refractivity contribution is 6.32. The maximum Gasteiger partial charge on any atom is 0.131 e. The van der Waals surface area contributed by atoms with Crippen LogP contribution in [-0.2, 0) is 5.60 Å². The van der Waals surface area contributed by atoms with E-state index >= 15 is 0 Å². The quantitative estimate of drug-likeness (QED) is 0.745. The zero-order valence-corrected chi connectivity index (χ0v) is 8.60. The maximum atomic E-state index is 9.77. The summed E-state index contributed by atoms with van der Waals surface area (Å²) in [6, 6.07) is 3.08. The first-order valence-corrected chi connectivity index (χ1v) is 4.47. The van der Waals surface area contributed by atoms with Crippen LogP contribution in [0.1, 0.15) is 12.5 Å². The fourth-order valence-corrected chi connectivity index (χ4v) is 1.35. The molecule has 0 aliphatic rings.